The molecular weight excluding hydrogens is 542 g/mol. The van der Waals surface area contributed by atoms with E-state index in [1.165, 1.54) is 4.90 Å². The number of aliphatic hydroxyl groups is 1. The number of rotatable bonds is 11. The average Bonchev–Trinajstić information content (AvgIpc) is 3.26. The summed E-state index contributed by atoms with van der Waals surface area (Å²) < 4.78 is 17.8. The zero-order chi connectivity index (χ0) is 30.3. The van der Waals surface area contributed by atoms with Crippen molar-refractivity contribution in [3.63, 3.8) is 0 Å². The van der Waals surface area contributed by atoms with Crippen LogP contribution in [0.1, 0.15) is 42.1 Å². The van der Waals surface area contributed by atoms with E-state index in [1.807, 2.05) is 93.6 Å². The zero-order valence-corrected chi connectivity index (χ0v) is 24.5. The largest absolute Gasteiger partial charge is 0.507 e. The number of aliphatic hydroxyl groups excluding tert-OH is 1. The minimum absolute atomic E-state index is 0.0174. The van der Waals surface area contributed by atoms with E-state index in [-0.39, 0.29) is 30.6 Å². The number of para-hydroxylation sites is 1. The van der Waals surface area contributed by atoms with Crippen molar-refractivity contribution in [2.75, 3.05) is 13.2 Å². The third-order valence-corrected chi connectivity index (χ3v) is 7.16. The Morgan fingerprint density at radius 2 is 1.56 bits per heavy atom. The van der Waals surface area contributed by atoms with Crippen LogP contribution in [0.15, 0.2) is 109 Å². The highest BCUT2D eigenvalue weighted by atomic mass is 16.5. The van der Waals surface area contributed by atoms with E-state index in [1.54, 1.807) is 30.3 Å². The van der Waals surface area contributed by atoms with E-state index in [9.17, 15) is 14.7 Å². The van der Waals surface area contributed by atoms with Crippen molar-refractivity contribution >= 4 is 17.4 Å². The van der Waals surface area contributed by atoms with Crippen molar-refractivity contribution in [3.8, 4) is 17.2 Å². The molecule has 1 saturated heterocycles. The van der Waals surface area contributed by atoms with Gasteiger partial charge in [-0.2, -0.15) is 0 Å². The van der Waals surface area contributed by atoms with Gasteiger partial charge in [-0.05, 0) is 79.9 Å². The number of likely N-dealkylation sites (tertiary alicyclic amines) is 1. The number of carbonyl (C=O) groups is 2. The third kappa shape index (κ3) is 6.96. The Bertz CT molecular complexity index is 1610. The molecule has 1 aliphatic rings. The predicted octanol–water partition coefficient (Wildman–Crippen LogP) is 7.21. The number of ketones is 1. The molecule has 0 aromatic heterocycles. The van der Waals surface area contributed by atoms with Gasteiger partial charge in [0, 0.05) is 12.1 Å². The van der Waals surface area contributed by atoms with Crippen LogP contribution in [0.5, 0.6) is 17.2 Å². The van der Waals surface area contributed by atoms with Crippen molar-refractivity contribution in [1.82, 2.24) is 4.90 Å². The summed E-state index contributed by atoms with van der Waals surface area (Å²) in [7, 11) is 0. The number of amides is 1. The van der Waals surface area contributed by atoms with Crippen molar-refractivity contribution < 1.29 is 28.9 Å². The Kier molecular flexibility index (Phi) is 9.23. The Balaban J connectivity index is 1.49. The highest BCUT2D eigenvalue weighted by molar-refractivity contribution is 6.46. The summed E-state index contributed by atoms with van der Waals surface area (Å²) >= 11 is 0. The van der Waals surface area contributed by atoms with Gasteiger partial charge >= 0.3 is 0 Å². The van der Waals surface area contributed by atoms with Gasteiger partial charge in [-0.1, -0.05) is 60.7 Å². The van der Waals surface area contributed by atoms with E-state index in [0.717, 1.165) is 11.1 Å². The minimum Gasteiger partial charge on any atom is -0.507 e. The van der Waals surface area contributed by atoms with E-state index in [2.05, 4.69) is 0 Å². The molecule has 0 radical (unpaired) electrons. The standard InChI is InChI=1S/C36H35NO6/c1-24(2)41-20-19-37-33(27-13-10-16-30(22-27)43-29-14-8-5-9-15-29)32(35(39)36(37)40)34(38)28-17-18-31(25(3)21-28)42-23-26-11-6-4-7-12-26/h4-18,21-22,24,33,38H,19-20,23H2,1-3H3/b34-32+. The van der Waals surface area contributed by atoms with Crippen LogP contribution in [-0.2, 0) is 20.9 Å². The quantitative estimate of drug-likeness (QED) is 0.115. The Morgan fingerprint density at radius 3 is 2.26 bits per heavy atom. The van der Waals surface area contributed by atoms with E-state index in [4.69, 9.17) is 14.2 Å². The average molecular weight is 578 g/mol. The molecule has 4 aromatic carbocycles. The van der Waals surface area contributed by atoms with E-state index >= 15 is 0 Å². The molecule has 1 atom stereocenters. The van der Waals surface area contributed by atoms with Crippen molar-refractivity contribution in [3.05, 3.63) is 131 Å². The molecule has 1 N–H and O–H groups in total. The lowest BCUT2D eigenvalue weighted by molar-refractivity contribution is -0.140. The molecule has 1 heterocycles. The first-order valence-corrected chi connectivity index (χ1v) is 14.3. The van der Waals surface area contributed by atoms with Gasteiger partial charge in [0.1, 0.15) is 29.6 Å². The SMILES string of the molecule is Cc1cc(/C(O)=C2\C(=O)C(=O)N(CCOC(C)C)C2c2cccc(Oc3ccccc3)c2)ccc1OCc1ccccc1. The van der Waals surface area contributed by atoms with Gasteiger partial charge in [-0.3, -0.25) is 9.59 Å². The van der Waals surface area contributed by atoms with Crippen molar-refractivity contribution in [1.29, 1.82) is 0 Å². The lowest BCUT2D eigenvalue weighted by Crippen LogP contribution is -2.33. The van der Waals surface area contributed by atoms with Crippen LogP contribution in [0, 0.1) is 6.92 Å². The first-order valence-electron chi connectivity index (χ1n) is 14.3. The highest BCUT2D eigenvalue weighted by Gasteiger charge is 2.46. The lowest BCUT2D eigenvalue weighted by Gasteiger charge is -2.26. The molecule has 220 valence electrons. The van der Waals surface area contributed by atoms with E-state index < -0.39 is 17.7 Å². The van der Waals surface area contributed by atoms with Crippen LogP contribution < -0.4 is 9.47 Å². The van der Waals surface area contributed by atoms with Gasteiger partial charge in [-0.25, -0.2) is 0 Å². The van der Waals surface area contributed by atoms with Crippen LogP contribution in [0.25, 0.3) is 5.76 Å². The van der Waals surface area contributed by atoms with Gasteiger partial charge in [-0.15, -0.1) is 0 Å². The fourth-order valence-corrected chi connectivity index (χ4v) is 5.07. The zero-order valence-electron chi connectivity index (χ0n) is 24.5. The monoisotopic (exact) mass is 577 g/mol. The summed E-state index contributed by atoms with van der Waals surface area (Å²) in [5, 5.41) is 11.6. The fourth-order valence-electron chi connectivity index (χ4n) is 5.07. The molecule has 1 fully saturated rings. The number of benzene rings is 4. The van der Waals surface area contributed by atoms with Crippen molar-refractivity contribution in [2.45, 2.75) is 39.5 Å². The van der Waals surface area contributed by atoms with Crippen molar-refractivity contribution in [2.24, 2.45) is 0 Å². The summed E-state index contributed by atoms with van der Waals surface area (Å²) in [6.45, 7) is 6.52. The molecular formula is C36H35NO6. The minimum atomic E-state index is -0.829. The first kappa shape index (κ1) is 29.6. The molecule has 1 unspecified atom stereocenters. The molecule has 5 rings (SSSR count). The number of hydrogen-bond donors (Lipinski definition) is 1. The maximum atomic E-state index is 13.5. The smallest absolute Gasteiger partial charge is 0.295 e. The van der Waals surface area contributed by atoms with Gasteiger partial charge in [0.05, 0.1) is 24.3 Å². The summed E-state index contributed by atoms with van der Waals surface area (Å²) in [5.74, 6) is 0.181. The maximum Gasteiger partial charge on any atom is 0.295 e. The summed E-state index contributed by atoms with van der Waals surface area (Å²) in [5.41, 5.74) is 2.90. The molecule has 43 heavy (non-hydrogen) atoms. The Hall–Kier alpha value is -4.88. The second kappa shape index (κ2) is 13.4. The highest BCUT2D eigenvalue weighted by Crippen LogP contribution is 2.41. The molecule has 4 aromatic rings. The molecule has 0 spiro atoms. The van der Waals surface area contributed by atoms with Crippen LogP contribution in [0.4, 0.5) is 0 Å². The molecule has 0 aliphatic carbocycles. The Labute approximate surface area is 252 Å². The number of nitrogens with zero attached hydrogens (tertiary/aromatic N) is 1. The normalized spacial score (nSPS) is 16.1. The molecule has 0 saturated carbocycles. The molecule has 7 nitrogen and oxygen atoms in total. The predicted molar refractivity (Wildman–Crippen MR) is 165 cm³/mol. The van der Waals surface area contributed by atoms with Gasteiger partial charge in [0.25, 0.3) is 11.7 Å². The second-order valence-electron chi connectivity index (χ2n) is 10.7. The fraction of sp³-hybridized carbons (Fsp3) is 0.222. The second-order valence-corrected chi connectivity index (χ2v) is 10.7. The number of carbonyl (C=O) groups excluding carboxylic acids is 2. The first-order chi connectivity index (χ1) is 20.8. The van der Waals surface area contributed by atoms with Crippen LogP contribution in [-0.4, -0.2) is 41.0 Å². The number of aryl methyl sites for hydroxylation is 1. The lowest BCUT2D eigenvalue weighted by atomic mass is 9.94. The number of Topliss-reactive ketones (excluding diaryl/α,β-unsaturated/α-hetero) is 1. The van der Waals surface area contributed by atoms with Gasteiger partial charge < -0.3 is 24.2 Å². The van der Waals surface area contributed by atoms with Crippen LogP contribution >= 0.6 is 0 Å². The molecule has 1 aliphatic heterocycles. The number of ether oxygens (including phenoxy) is 3. The third-order valence-electron chi connectivity index (χ3n) is 7.16. The summed E-state index contributed by atoms with van der Waals surface area (Å²) in [4.78, 5) is 28.3. The van der Waals surface area contributed by atoms with E-state index in [0.29, 0.717) is 35.0 Å². The number of hydrogen-bond acceptors (Lipinski definition) is 6. The molecule has 1 amide bonds. The van der Waals surface area contributed by atoms with Gasteiger partial charge in [0.2, 0.25) is 0 Å². The van der Waals surface area contributed by atoms with Crippen LogP contribution in [0.3, 0.4) is 0 Å². The van der Waals surface area contributed by atoms with Crippen LogP contribution in [0.2, 0.25) is 0 Å². The van der Waals surface area contributed by atoms with Gasteiger partial charge in [0.15, 0.2) is 0 Å². The molecule has 0 bridgehead atoms. The Morgan fingerprint density at radius 1 is 0.860 bits per heavy atom. The molecule has 7 heteroatoms. The topological polar surface area (TPSA) is 85.3 Å². The summed E-state index contributed by atoms with van der Waals surface area (Å²) in [6.07, 6.45) is -0.0385. The summed E-state index contributed by atoms with van der Waals surface area (Å²) in [6, 6.07) is 30.8. The maximum absolute atomic E-state index is 13.5.